The smallest absolute Gasteiger partial charge is 0.263 e. The van der Waals surface area contributed by atoms with E-state index in [4.69, 9.17) is 0 Å². The second-order valence-corrected chi connectivity index (χ2v) is 7.81. The summed E-state index contributed by atoms with van der Waals surface area (Å²) in [5, 5.41) is 11.0. The molecule has 0 spiro atoms. The first-order valence-electron chi connectivity index (χ1n) is 8.25. The number of anilines is 2. The highest BCUT2D eigenvalue weighted by molar-refractivity contribution is 7.92. The zero-order valence-electron chi connectivity index (χ0n) is 14.9. The molecule has 0 saturated heterocycles. The van der Waals surface area contributed by atoms with Crippen LogP contribution in [0.3, 0.4) is 0 Å². The van der Waals surface area contributed by atoms with Crippen molar-refractivity contribution < 1.29 is 12.8 Å². The van der Waals surface area contributed by atoms with Crippen LogP contribution in [0.4, 0.5) is 16.0 Å². The van der Waals surface area contributed by atoms with Crippen molar-refractivity contribution in [2.45, 2.75) is 25.3 Å². The molecule has 0 unspecified atom stereocenters. The van der Waals surface area contributed by atoms with Gasteiger partial charge in [0.05, 0.1) is 4.90 Å². The molecule has 2 N–H and O–H groups in total. The molecule has 0 aliphatic heterocycles. The number of rotatable bonds is 6. The quantitative estimate of drug-likeness (QED) is 0.676. The van der Waals surface area contributed by atoms with Gasteiger partial charge in [0, 0.05) is 6.54 Å². The molecule has 1 heterocycles. The summed E-state index contributed by atoms with van der Waals surface area (Å²) >= 11 is 0. The van der Waals surface area contributed by atoms with Gasteiger partial charge in [0.1, 0.15) is 11.6 Å². The summed E-state index contributed by atoms with van der Waals surface area (Å²) in [7, 11) is -3.87. The molecular weight excluding hydrogens is 367 g/mol. The number of hydrogen-bond donors (Lipinski definition) is 2. The lowest BCUT2D eigenvalue weighted by Gasteiger charge is -2.10. The summed E-state index contributed by atoms with van der Waals surface area (Å²) in [5.74, 6) is 0.118. The van der Waals surface area contributed by atoms with Crippen LogP contribution in [0.25, 0.3) is 0 Å². The SMILES string of the molecule is Cc1cccc(CNc2ccc(NS(=O)(=O)c3ccc(F)cc3C)nn2)c1. The Hall–Kier alpha value is -3.00. The van der Waals surface area contributed by atoms with Crippen LogP contribution in [0.2, 0.25) is 0 Å². The van der Waals surface area contributed by atoms with Crippen molar-refractivity contribution in [1.29, 1.82) is 0 Å². The highest BCUT2D eigenvalue weighted by Crippen LogP contribution is 2.19. The highest BCUT2D eigenvalue weighted by atomic mass is 32.2. The van der Waals surface area contributed by atoms with Crippen molar-refractivity contribution in [1.82, 2.24) is 10.2 Å². The Morgan fingerprint density at radius 3 is 2.37 bits per heavy atom. The Labute approximate surface area is 157 Å². The topological polar surface area (TPSA) is 84.0 Å². The molecule has 3 aromatic rings. The predicted molar refractivity (Wildman–Crippen MR) is 102 cm³/mol. The van der Waals surface area contributed by atoms with Gasteiger partial charge >= 0.3 is 0 Å². The molecule has 1 aromatic heterocycles. The minimum atomic E-state index is -3.87. The van der Waals surface area contributed by atoms with Crippen molar-refractivity contribution in [2.75, 3.05) is 10.0 Å². The second-order valence-electron chi connectivity index (χ2n) is 6.16. The van der Waals surface area contributed by atoms with Crippen LogP contribution in [0, 0.1) is 19.7 Å². The molecule has 0 radical (unpaired) electrons. The largest absolute Gasteiger partial charge is 0.365 e. The van der Waals surface area contributed by atoms with Crippen molar-refractivity contribution in [3.63, 3.8) is 0 Å². The van der Waals surface area contributed by atoms with E-state index in [9.17, 15) is 12.8 Å². The van der Waals surface area contributed by atoms with Crippen LogP contribution in [0.1, 0.15) is 16.7 Å². The van der Waals surface area contributed by atoms with E-state index in [1.54, 1.807) is 6.07 Å². The Kier molecular flexibility index (Phi) is 5.36. The Morgan fingerprint density at radius 2 is 1.70 bits per heavy atom. The molecule has 140 valence electrons. The number of nitrogens with zero attached hydrogens (tertiary/aromatic N) is 2. The lowest BCUT2D eigenvalue weighted by Crippen LogP contribution is -2.16. The van der Waals surface area contributed by atoms with Crippen LogP contribution in [-0.2, 0) is 16.6 Å². The minimum Gasteiger partial charge on any atom is -0.365 e. The maximum absolute atomic E-state index is 13.2. The zero-order chi connectivity index (χ0) is 19.4. The molecule has 8 heteroatoms. The highest BCUT2D eigenvalue weighted by Gasteiger charge is 2.18. The van der Waals surface area contributed by atoms with Crippen LogP contribution in [0.5, 0.6) is 0 Å². The fraction of sp³-hybridized carbons (Fsp3) is 0.158. The number of aryl methyl sites for hydroxylation is 2. The molecule has 0 atom stereocenters. The third-order valence-corrected chi connectivity index (χ3v) is 5.40. The average Bonchev–Trinajstić information content (AvgIpc) is 2.60. The normalized spacial score (nSPS) is 11.2. The van der Waals surface area contributed by atoms with Crippen molar-refractivity contribution in [3.05, 3.63) is 77.1 Å². The monoisotopic (exact) mass is 386 g/mol. The maximum Gasteiger partial charge on any atom is 0.263 e. The van der Waals surface area contributed by atoms with Gasteiger partial charge in [-0.25, -0.2) is 12.8 Å². The van der Waals surface area contributed by atoms with Crippen LogP contribution < -0.4 is 10.0 Å². The number of hydrogen-bond acceptors (Lipinski definition) is 5. The lowest BCUT2D eigenvalue weighted by molar-refractivity contribution is 0.598. The van der Waals surface area contributed by atoms with Crippen LogP contribution in [0.15, 0.2) is 59.5 Å². The molecule has 27 heavy (non-hydrogen) atoms. The molecule has 6 nitrogen and oxygen atoms in total. The van der Waals surface area contributed by atoms with Crippen LogP contribution >= 0.6 is 0 Å². The van der Waals surface area contributed by atoms with E-state index in [1.165, 1.54) is 30.7 Å². The summed E-state index contributed by atoms with van der Waals surface area (Å²) in [5.41, 5.74) is 2.58. The summed E-state index contributed by atoms with van der Waals surface area (Å²) < 4.78 is 40.4. The van der Waals surface area contributed by atoms with Gasteiger partial charge in [0.2, 0.25) is 0 Å². The van der Waals surface area contributed by atoms with Gasteiger partial charge in [-0.3, -0.25) is 4.72 Å². The van der Waals surface area contributed by atoms with E-state index in [0.29, 0.717) is 17.9 Å². The third kappa shape index (κ3) is 4.79. The van der Waals surface area contributed by atoms with Gasteiger partial charge < -0.3 is 5.32 Å². The molecule has 0 bridgehead atoms. The third-order valence-electron chi connectivity index (χ3n) is 3.89. The van der Waals surface area contributed by atoms with Gasteiger partial charge in [0.25, 0.3) is 10.0 Å². The molecule has 0 aliphatic carbocycles. The Morgan fingerprint density at radius 1 is 0.963 bits per heavy atom. The first kappa shape index (κ1) is 18.8. The first-order chi connectivity index (χ1) is 12.8. The minimum absolute atomic E-state index is 0.00708. The molecule has 0 aliphatic rings. The zero-order valence-corrected chi connectivity index (χ0v) is 15.7. The van der Waals surface area contributed by atoms with E-state index in [0.717, 1.165) is 11.6 Å². The molecule has 0 saturated carbocycles. The molecule has 3 rings (SSSR count). The molecule has 0 fully saturated rings. The van der Waals surface area contributed by atoms with E-state index in [1.807, 2.05) is 25.1 Å². The van der Waals surface area contributed by atoms with Crippen molar-refractivity contribution in [2.24, 2.45) is 0 Å². The lowest BCUT2D eigenvalue weighted by atomic mass is 10.1. The summed E-state index contributed by atoms with van der Waals surface area (Å²) in [6.45, 7) is 4.13. The van der Waals surface area contributed by atoms with E-state index < -0.39 is 15.8 Å². The van der Waals surface area contributed by atoms with Gasteiger partial charge in [0.15, 0.2) is 5.82 Å². The molecule has 2 aromatic carbocycles. The van der Waals surface area contributed by atoms with E-state index in [-0.39, 0.29) is 10.7 Å². The Balaban J connectivity index is 1.68. The van der Waals surface area contributed by atoms with Crippen LogP contribution in [-0.4, -0.2) is 18.6 Å². The fourth-order valence-corrected chi connectivity index (χ4v) is 3.83. The number of benzene rings is 2. The number of nitrogens with one attached hydrogen (secondary N) is 2. The number of sulfonamides is 1. The van der Waals surface area contributed by atoms with Gasteiger partial charge in [-0.2, -0.15) is 0 Å². The first-order valence-corrected chi connectivity index (χ1v) is 9.74. The molecule has 0 amide bonds. The van der Waals surface area contributed by atoms with Gasteiger partial charge in [-0.05, 0) is 55.3 Å². The summed E-state index contributed by atoms with van der Waals surface area (Å²) in [6, 6.07) is 14.7. The number of aromatic nitrogens is 2. The standard InChI is InChI=1S/C19H19FN4O2S/c1-13-4-3-5-15(10-13)12-21-18-8-9-19(23-22-18)24-27(25,26)17-7-6-16(20)11-14(17)2/h3-11H,12H2,1-2H3,(H,21,22)(H,23,24). The predicted octanol–water partition coefficient (Wildman–Crippen LogP) is 3.65. The molecular formula is C19H19FN4O2S. The van der Waals surface area contributed by atoms with E-state index in [2.05, 4.69) is 26.3 Å². The fourth-order valence-electron chi connectivity index (χ4n) is 2.60. The maximum atomic E-state index is 13.2. The van der Waals surface area contributed by atoms with Crippen molar-refractivity contribution >= 4 is 21.7 Å². The number of halogens is 1. The van der Waals surface area contributed by atoms with E-state index >= 15 is 0 Å². The average molecular weight is 386 g/mol. The van der Waals surface area contributed by atoms with Gasteiger partial charge in [-0.15, -0.1) is 10.2 Å². The summed E-state index contributed by atoms with van der Waals surface area (Å²) in [6.07, 6.45) is 0. The van der Waals surface area contributed by atoms with Crippen molar-refractivity contribution in [3.8, 4) is 0 Å². The second kappa shape index (κ2) is 7.71. The Bertz CT molecular complexity index is 1050. The van der Waals surface area contributed by atoms with Gasteiger partial charge in [-0.1, -0.05) is 29.8 Å². The summed E-state index contributed by atoms with van der Waals surface area (Å²) in [4.78, 5) is -0.00708.